The molecule has 3 N–H and O–H groups in total. The second-order valence-electron chi connectivity index (χ2n) is 4.71. The van der Waals surface area contributed by atoms with Gasteiger partial charge in [-0.15, -0.1) is 0 Å². The van der Waals surface area contributed by atoms with Crippen LogP contribution in [0.25, 0.3) is 0 Å². The fraction of sp³-hybridized carbons (Fsp3) is 0.500. The fourth-order valence-corrected chi connectivity index (χ4v) is 2.58. The van der Waals surface area contributed by atoms with Crippen molar-refractivity contribution in [3.05, 3.63) is 23.8 Å². The van der Waals surface area contributed by atoms with Crippen LogP contribution in [0.5, 0.6) is 5.75 Å². The third-order valence-electron chi connectivity index (χ3n) is 3.58. The number of nitrogens with two attached hydrogens (primary N) is 1. The van der Waals surface area contributed by atoms with Crippen molar-refractivity contribution in [3.63, 3.8) is 0 Å². The number of carbonyl (C=O) groups is 1. The number of hydrogen-bond donors (Lipinski definition) is 2. The van der Waals surface area contributed by atoms with Gasteiger partial charge in [-0.25, -0.2) is 0 Å². The maximum atomic E-state index is 12.3. The van der Waals surface area contributed by atoms with Gasteiger partial charge in [0.1, 0.15) is 11.3 Å². The molecule has 1 saturated carbocycles. The Balaban J connectivity index is 2.16. The lowest BCUT2D eigenvalue weighted by Crippen LogP contribution is -2.41. The highest BCUT2D eigenvalue weighted by Gasteiger charge is 2.29. The molecule has 19 heavy (non-hydrogen) atoms. The summed E-state index contributed by atoms with van der Waals surface area (Å²) in [7, 11) is 3.20. The lowest BCUT2D eigenvalue weighted by molar-refractivity contribution is 0.0721. The van der Waals surface area contributed by atoms with Gasteiger partial charge in [-0.1, -0.05) is 6.07 Å². The molecule has 0 aliphatic heterocycles. The largest absolute Gasteiger partial charge is 0.496 e. The highest BCUT2D eigenvalue weighted by molar-refractivity contribution is 6.02. The molecule has 104 valence electrons. The predicted molar refractivity (Wildman–Crippen MR) is 73.3 cm³/mol. The van der Waals surface area contributed by atoms with E-state index in [0.717, 1.165) is 19.3 Å². The summed E-state index contributed by atoms with van der Waals surface area (Å²) in [5, 5.41) is 2.99. The summed E-state index contributed by atoms with van der Waals surface area (Å²) in [6, 6.07) is 5.23. The van der Waals surface area contributed by atoms with Crippen LogP contribution in [0.3, 0.4) is 0 Å². The molecule has 2 atom stereocenters. The summed E-state index contributed by atoms with van der Waals surface area (Å²) >= 11 is 0. The first-order valence-electron chi connectivity index (χ1n) is 6.43. The minimum absolute atomic E-state index is 0.0433. The molecule has 0 spiro atoms. The van der Waals surface area contributed by atoms with Crippen molar-refractivity contribution in [1.82, 2.24) is 5.32 Å². The SMILES string of the molecule is COc1cccc(N)c1C(=O)NC1CCCC1OC. The van der Waals surface area contributed by atoms with Crippen LogP contribution in [0.1, 0.15) is 29.6 Å². The minimum atomic E-state index is -0.205. The average molecular weight is 264 g/mol. The number of rotatable bonds is 4. The van der Waals surface area contributed by atoms with Crippen molar-refractivity contribution >= 4 is 11.6 Å². The van der Waals surface area contributed by atoms with Gasteiger partial charge in [-0.3, -0.25) is 4.79 Å². The Kier molecular flexibility index (Phi) is 4.27. The van der Waals surface area contributed by atoms with Gasteiger partial charge in [-0.2, -0.15) is 0 Å². The summed E-state index contributed by atoms with van der Waals surface area (Å²) in [6.07, 6.45) is 3.05. The summed E-state index contributed by atoms with van der Waals surface area (Å²) < 4.78 is 10.6. The van der Waals surface area contributed by atoms with Gasteiger partial charge in [0.2, 0.25) is 0 Å². The number of amides is 1. The number of benzene rings is 1. The molecule has 2 rings (SSSR count). The molecule has 1 aliphatic rings. The summed E-state index contributed by atoms with van der Waals surface area (Å²) in [4.78, 5) is 12.3. The lowest BCUT2D eigenvalue weighted by atomic mass is 10.1. The first-order chi connectivity index (χ1) is 9.17. The third-order valence-corrected chi connectivity index (χ3v) is 3.58. The summed E-state index contributed by atoms with van der Waals surface area (Å²) in [6.45, 7) is 0. The van der Waals surface area contributed by atoms with E-state index in [9.17, 15) is 4.79 Å². The molecule has 5 nitrogen and oxygen atoms in total. The number of methoxy groups -OCH3 is 2. The number of nitrogens with one attached hydrogen (secondary N) is 1. The van der Waals surface area contributed by atoms with Gasteiger partial charge in [0.15, 0.2) is 0 Å². The van der Waals surface area contributed by atoms with Crippen molar-refractivity contribution in [2.75, 3.05) is 20.0 Å². The summed E-state index contributed by atoms with van der Waals surface area (Å²) in [5.74, 6) is 0.286. The number of anilines is 1. The maximum absolute atomic E-state index is 12.3. The Morgan fingerprint density at radius 1 is 1.37 bits per heavy atom. The maximum Gasteiger partial charge on any atom is 0.257 e. The molecule has 0 aromatic heterocycles. The van der Waals surface area contributed by atoms with E-state index < -0.39 is 0 Å². The Hall–Kier alpha value is -1.75. The van der Waals surface area contributed by atoms with Crippen LogP contribution in [0.2, 0.25) is 0 Å². The van der Waals surface area contributed by atoms with Crippen molar-refractivity contribution in [2.24, 2.45) is 0 Å². The van der Waals surface area contributed by atoms with Gasteiger partial charge in [-0.05, 0) is 31.4 Å². The van der Waals surface area contributed by atoms with E-state index in [1.54, 1.807) is 25.3 Å². The van der Waals surface area contributed by atoms with Crippen LogP contribution in [0, 0.1) is 0 Å². The van der Waals surface area contributed by atoms with Crippen molar-refractivity contribution in [1.29, 1.82) is 0 Å². The monoisotopic (exact) mass is 264 g/mol. The van der Waals surface area contributed by atoms with Crippen molar-refractivity contribution < 1.29 is 14.3 Å². The van der Waals surface area contributed by atoms with Crippen LogP contribution >= 0.6 is 0 Å². The number of ether oxygens (including phenoxy) is 2. The molecule has 5 heteroatoms. The van der Waals surface area contributed by atoms with E-state index in [4.69, 9.17) is 15.2 Å². The van der Waals surface area contributed by atoms with Crippen LogP contribution < -0.4 is 15.8 Å². The van der Waals surface area contributed by atoms with E-state index in [1.165, 1.54) is 7.11 Å². The zero-order chi connectivity index (χ0) is 13.8. The molecular weight excluding hydrogens is 244 g/mol. The van der Waals surface area contributed by atoms with Crippen LogP contribution in [0.15, 0.2) is 18.2 Å². The molecule has 1 aromatic rings. The minimum Gasteiger partial charge on any atom is -0.496 e. The predicted octanol–water partition coefficient (Wildman–Crippen LogP) is 1.57. The van der Waals surface area contributed by atoms with Gasteiger partial charge in [0.25, 0.3) is 5.91 Å². The molecule has 1 fully saturated rings. The second kappa shape index (κ2) is 5.93. The molecule has 0 saturated heterocycles. The van der Waals surface area contributed by atoms with Gasteiger partial charge < -0.3 is 20.5 Å². The first kappa shape index (κ1) is 13.7. The average Bonchev–Trinajstić information content (AvgIpc) is 2.85. The zero-order valence-corrected chi connectivity index (χ0v) is 11.3. The quantitative estimate of drug-likeness (QED) is 0.810. The molecule has 0 radical (unpaired) electrons. The normalized spacial score (nSPS) is 22.2. The molecule has 0 bridgehead atoms. The van der Waals surface area contributed by atoms with E-state index in [-0.39, 0.29) is 18.1 Å². The topological polar surface area (TPSA) is 73.6 Å². The van der Waals surface area contributed by atoms with Gasteiger partial charge >= 0.3 is 0 Å². The second-order valence-corrected chi connectivity index (χ2v) is 4.71. The molecule has 1 aromatic carbocycles. The van der Waals surface area contributed by atoms with E-state index >= 15 is 0 Å². The zero-order valence-electron chi connectivity index (χ0n) is 11.3. The van der Waals surface area contributed by atoms with Gasteiger partial charge in [0.05, 0.1) is 19.3 Å². The van der Waals surface area contributed by atoms with Crippen molar-refractivity contribution in [3.8, 4) is 5.75 Å². The standard InChI is InChI=1S/C14H20N2O3/c1-18-11-7-4-6-10(11)16-14(17)13-9(15)5-3-8-12(13)19-2/h3,5,8,10-11H,4,6-7,15H2,1-2H3,(H,16,17). The van der Waals surface area contributed by atoms with Crippen molar-refractivity contribution in [2.45, 2.75) is 31.4 Å². The third kappa shape index (κ3) is 2.81. The Labute approximate surface area is 113 Å². The summed E-state index contributed by atoms with van der Waals surface area (Å²) in [5.41, 5.74) is 6.68. The molecular formula is C14H20N2O3. The number of hydrogen-bond acceptors (Lipinski definition) is 4. The van der Waals surface area contributed by atoms with E-state index in [1.807, 2.05) is 0 Å². The Bertz CT molecular complexity index is 462. The molecule has 2 unspecified atom stereocenters. The Morgan fingerprint density at radius 3 is 2.84 bits per heavy atom. The smallest absolute Gasteiger partial charge is 0.257 e. The number of nitrogen functional groups attached to an aromatic ring is 1. The highest BCUT2D eigenvalue weighted by atomic mass is 16.5. The highest BCUT2D eigenvalue weighted by Crippen LogP contribution is 2.26. The first-order valence-corrected chi connectivity index (χ1v) is 6.43. The van der Waals surface area contributed by atoms with Gasteiger partial charge in [0, 0.05) is 12.8 Å². The fourth-order valence-electron chi connectivity index (χ4n) is 2.58. The van der Waals surface area contributed by atoms with Crippen LogP contribution in [0.4, 0.5) is 5.69 Å². The molecule has 1 amide bonds. The molecule has 0 heterocycles. The van der Waals surface area contributed by atoms with E-state index in [0.29, 0.717) is 17.0 Å². The molecule has 1 aliphatic carbocycles. The Morgan fingerprint density at radius 2 is 2.16 bits per heavy atom. The van der Waals surface area contributed by atoms with Crippen LogP contribution in [-0.4, -0.2) is 32.3 Å². The lowest BCUT2D eigenvalue weighted by Gasteiger charge is -2.20. The van der Waals surface area contributed by atoms with E-state index in [2.05, 4.69) is 5.32 Å². The van der Waals surface area contributed by atoms with Crippen LogP contribution in [-0.2, 0) is 4.74 Å². The number of carbonyl (C=O) groups excluding carboxylic acids is 1.